The number of fused-ring (bicyclic) bond motifs is 3. The second-order valence-electron chi connectivity index (χ2n) is 8.95. The number of nitrogens with zero attached hydrogens (tertiary/aromatic N) is 3. The second-order valence-corrected chi connectivity index (χ2v) is 8.95. The van der Waals surface area contributed by atoms with Crippen LogP contribution in [0.4, 0.5) is 17.1 Å². The average Bonchev–Trinajstić information content (AvgIpc) is 2.88. The number of nitro groups is 1. The normalized spacial score (nSPS) is 19.2. The lowest BCUT2D eigenvalue weighted by atomic mass is 9.83. The minimum Gasteiger partial charge on any atom is -0.368 e. The quantitative estimate of drug-likeness (QED) is 0.451. The Kier molecular flexibility index (Phi) is 6.16. The van der Waals surface area contributed by atoms with Crippen molar-refractivity contribution in [1.29, 1.82) is 0 Å². The average molecular weight is 457 g/mol. The molecule has 1 saturated heterocycles. The van der Waals surface area contributed by atoms with Gasteiger partial charge in [-0.2, -0.15) is 0 Å². The predicted molar refractivity (Wildman–Crippen MR) is 133 cm³/mol. The Morgan fingerprint density at radius 2 is 1.74 bits per heavy atom. The van der Waals surface area contributed by atoms with Crippen LogP contribution in [0.3, 0.4) is 0 Å². The maximum atomic E-state index is 13.4. The number of non-ortho nitro benzene ring substituents is 1. The predicted octanol–water partition coefficient (Wildman–Crippen LogP) is 3.82. The molecule has 5 rings (SSSR count). The Morgan fingerprint density at radius 3 is 2.47 bits per heavy atom. The van der Waals surface area contributed by atoms with E-state index in [1.807, 2.05) is 42.5 Å². The topological polar surface area (TPSA) is 78.7 Å². The number of amides is 1. The van der Waals surface area contributed by atoms with Gasteiger partial charge in [0, 0.05) is 49.7 Å². The van der Waals surface area contributed by atoms with E-state index < -0.39 is 0 Å². The molecule has 1 fully saturated rings. The van der Waals surface area contributed by atoms with Gasteiger partial charge >= 0.3 is 0 Å². The zero-order valence-corrected chi connectivity index (χ0v) is 19.0. The fourth-order valence-corrected chi connectivity index (χ4v) is 5.20. The molecule has 7 heteroatoms. The van der Waals surface area contributed by atoms with E-state index in [2.05, 4.69) is 39.4 Å². The van der Waals surface area contributed by atoms with Gasteiger partial charge in [-0.25, -0.2) is 0 Å². The van der Waals surface area contributed by atoms with Crippen LogP contribution in [0.2, 0.25) is 0 Å². The van der Waals surface area contributed by atoms with E-state index in [1.54, 1.807) is 12.1 Å². The Labute approximate surface area is 199 Å². The summed E-state index contributed by atoms with van der Waals surface area (Å²) in [5, 5.41) is 14.5. The van der Waals surface area contributed by atoms with E-state index >= 15 is 0 Å². The van der Waals surface area contributed by atoms with E-state index in [1.165, 1.54) is 5.56 Å². The summed E-state index contributed by atoms with van der Waals surface area (Å²) >= 11 is 0. The minimum atomic E-state index is -0.366. The lowest BCUT2D eigenvalue weighted by Gasteiger charge is -2.49. The van der Waals surface area contributed by atoms with E-state index in [4.69, 9.17) is 0 Å². The molecule has 0 aromatic heterocycles. The van der Waals surface area contributed by atoms with Crippen LogP contribution in [-0.2, 0) is 17.6 Å². The van der Waals surface area contributed by atoms with Crippen molar-refractivity contribution < 1.29 is 9.72 Å². The van der Waals surface area contributed by atoms with Gasteiger partial charge in [0.05, 0.1) is 16.9 Å². The molecular formula is C27H28N4O3. The van der Waals surface area contributed by atoms with Crippen LogP contribution < -0.4 is 15.1 Å². The summed E-state index contributed by atoms with van der Waals surface area (Å²) in [6.45, 7) is 2.89. The molecule has 34 heavy (non-hydrogen) atoms. The molecule has 7 nitrogen and oxygen atoms in total. The van der Waals surface area contributed by atoms with Crippen molar-refractivity contribution in [2.24, 2.45) is 5.92 Å². The lowest BCUT2D eigenvalue weighted by molar-refractivity contribution is -0.384. The number of hydrogen-bond acceptors (Lipinski definition) is 5. The first-order valence-electron chi connectivity index (χ1n) is 11.8. The van der Waals surface area contributed by atoms with Gasteiger partial charge in [0.15, 0.2) is 0 Å². The Bertz CT molecular complexity index is 1170. The maximum Gasteiger partial charge on any atom is 0.269 e. The molecule has 1 N–H and O–H groups in total. The smallest absolute Gasteiger partial charge is 0.269 e. The van der Waals surface area contributed by atoms with Gasteiger partial charge in [-0.3, -0.25) is 14.9 Å². The fraction of sp³-hybridized carbons (Fsp3) is 0.296. The highest BCUT2D eigenvalue weighted by Gasteiger charge is 2.42. The number of anilines is 2. The zero-order valence-electron chi connectivity index (χ0n) is 19.0. The summed E-state index contributed by atoms with van der Waals surface area (Å²) in [6.07, 6.45) is 1.27. The first-order valence-corrected chi connectivity index (χ1v) is 11.8. The highest BCUT2D eigenvalue weighted by Crippen LogP contribution is 2.38. The molecule has 0 radical (unpaired) electrons. The number of hydrogen-bond donors (Lipinski definition) is 1. The van der Waals surface area contributed by atoms with Gasteiger partial charge in [0.25, 0.3) is 5.69 Å². The molecule has 2 atom stereocenters. The molecule has 2 aliphatic rings. The number of rotatable bonds is 6. The minimum absolute atomic E-state index is 0.000336. The van der Waals surface area contributed by atoms with E-state index in [9.17, 15) is 14.9 Å². The first kappa shape index (κ1) is 21.9. The van der Waals surface area contributed by atoms with Crippen molar-refractivity contribution in [2.75, 3.05) is 36.0 Å². The number of carbonyl (C=O) groups is 1. The summed E-state index contributed by atoms with van der Waals surface area (Å²) in [4.78, 5) is 29.0. The van der Waals surface area contributed by atoms with Gasteiger partial charge in [-0.05, 0) is 42.2 Å². The fourth-order valence-electron chi connectivity index (χ4n) is 5.20. The Morgan fingerprint density at radius 1 is 1.00 bits per heavy atom. The standard InChI is InChI=1S/C27H28N4O3/c32-27(28-14-13-20-7-3-1-4-8-20)24-18-21-17-23(31(33)34)11-12-25(21)30-16-15-29(19-26(24)30)22-9-5-2-6-10-22/h1-12,17,24,26H,13-16,18-19H2,(H,28,32). The monoisotopic (exact) mass is 456 g/mol. The number of nitro benzene ring substituents is 1. The third-order valence-electron chi connectivity index (χ3n) is 6.92. The summed E-state index contributed by atoms with van der Waals surface area (Å²) in [5.41, 5.74) is 4.30. The third-order valence-corrected chi connectivity index (χ3v) is 6.92. The lowest BCUT2D eigenvalue weighted by Crippen LogP contribution is -2.61. The second kappa shape index (κ2) is 9.55. The number of para-hydroxylation sites is 1. The molecule has 2 unspecified atom stereocenters. The van der Waals surface area contributed by atoms with Crippen molar-refractivity contribution in [2.45, 2.75) is 18.9 Å². The highest BCUT2D eigenvalue weighted by molar-refractivity contribution is 5.82. The molecule has 0 bridgehead atoms. The maximum absolute atomic E-state index is 13.4. The van der Waals surface area contributed by atoms with Crippen molar-refractivity contribution in [3.8, 4) is 0 Å². The van der Waals surface area contributed by atoms with Gasteiger partial charge in [0.2, 0.25) is 5.91 Å². The van der Waals surface area contributed by atoms with Crippen molar-refractivity contribution in [3.05, 3.63) is 100 Å². The molecule has 0 aliphatic carbocycles. The summed E-state index contributed by atoms with van der Waals surface area (Å²) in [7, 11) is 0. The number of piperazine rings is 1. The van der Waals surface area contributed by atoms with Crippen LogP contribution in [0.1, 0.15) is 11.1 Å². The van der Waals surface area contributed by atoms with Crippen molar-refractivity contribution >= 4 is 23.0 Å². The molecule has 2 heterocycles. The van der Waals surface area contributed by atoms with E-state index in [-0.39, 0.29) is 28.5 Å². The van der Waals surface area contributed by atoms with Crippen LogP contribution in [0.5, 0.6) is 0 Å². The van der Waals surface area contributed by atoms with Crippen molar-refractivity contribution in [1.82, 2.24) is 5.32 Å². The van der Waals surface area contributed by atoms with E-state index in [0.717, 1.165) is 43.0 Å². The van der Waals surface area contributed by atoms with E-state index in [0.29, 0.717) is 13.0 Å². The third kappa shape index (κ3) is 4.46. The summed E-state index contributed by atoms with van der Waals surface area (Å²) in [5.74, 6) is -0.269. The number of nitrogens with one attached hydrogen (secondary N) is 1. The van der Waals surface area contributed by atoms with Crippen LogP contribution in [0.25, 0.3) is 0 Å². The van der Waals surface area contributed by atoms with Crippen LogP contribution in [0.15, 0.2) is 78.9 Å². The number of carbonyl (C=O) groups excluding carboxylic acids is 1. The molecular weight excluding hydrogens is 428 g/mol. The van der Waals surface area contributed by atoms with Crippen LogP contribution >= 0.6 is 0 Å². The molecule has 3 aromatic rings. The van der Waals surface area contributed by atoms with Gasteiger partial charge in [0.1, 0.15) is 0 Å². The first-order chi connectivity index (χ1) is 16.6. The van der Waals surface area contributed by atoms with Gasteiger partial charge < -0.3 is 15.1 Å². The molecule has 2 aliphatic heterocycles. The molecule has 0 spiro atoms. The van der Waals surface area contributed by atoms with Crippen LogP contribution in [0, 0.1) is 16.0 Å². The molecule has 174 valence electrons. The summed E-state index contributed by atoms with van der Waals surface area (Å²) in [6, 6.07) is 25.4. The SMILES string of the molecule is O=C(NCCc1ccccc1)C1Cc2cc([N+](=O)[O-])ccc2N2CCN(c3ccccc3)CC12. The zero-order chi connectivity index (χ0) is 23.5. The Balaban J connectivity index is 1.39. The van der Waals surface area contributed by atoms with Gasteiger partial charge in [-0.15, -0.1) is 0 Å². The molecule has 3 aromatic carbocycles. The largest absolute Gasteiger partial charge is 0.368 e. The number of benzene rings is 3. The Hall–Kier alpha value is -3.87. The molecule has 0 saturated carbocycles. The van der Waals surface area contributed by atoms with Crippen molar-refractivity contribution in [3.63, 3.8) is 0 Å². The van der Waals surface area contributed by atoms with Crippen LogP contribution in [-0.4, -0.2) is 43.1 Å². The molecule has 1 amide bonds. The highest BCUT2D eigenvalue weighted by atomic mass is 16.6. The summed E-state index contributed by atoms with van der Waals surface area (Å²) < 4.78 is 0. The van der Waals surface area contributed by atoms with Gasteiger partial charge in [-0.1, -0.05) is 48.5 Å².